The molecule has 0 heterocycles. The van der Waals surface area contributed by atoms with Crippen molar-refractivity contribution < 1.29 is 9.59 Å². The van der Waals surface area contributed by atoms with Gasteiger partial charge in [0.1, 0.15) is 0 Å². The number of benzene rings is 3. The highest BCUT2D eigenvalue weighted by Crippen LogP contribution is 2.26. The molecule has 1 aliphatic carbocycles. The maximum Gasteiger partial charge on any atom is 0.256 e. The summed E-state index contributed by atoms with van der Waals surface area (Å²) in [4.78, 5) is 28.0. The van der Waals surface area contributed by atoms with Gasteiger partial charge in [-0.3, -0.25) is 9.59 Å². The molecule has 0 radical (unpaired) electrons. The predicted molar refractivity (Wildman–Crippen MR) is 127 cm³/mol. The number of carbonyl (C=O) groups is 2. The fourth-order valence-corrected chi connectivity index (χ4v) is 4.32. The van der Waals surface area contributed by atoms with Gasteiger partial charge in [0.25, 0.3) is 11.8 Å². The van der Waals surface area contributed by atoms with Crippen LogP contribution in [0.4, 0.5) is 11.4 Å². The van der Waals surface area contributed by atoms with Gasteiger partial charge in [-0.1, -0.05) is 55.7 Å². The molecule has 0 aliphatic heterocycles. The summed E-state index contributed by atoms with van der Waals surface area (Å²) in [6.45, 7) is 0. The zero-order valence-corrected chi connectivity index (χ0v) is 18.2. The molecule has 31 heavy (non-hydrogen) atoms. The van der Waals surface area contributed by atoms with E-state index in [1.54, 1.807) is 6.07 Å². The average Bonchev–Trinajstić information content (AvgIpc) is 2.79. The third-order valence-corrected chi connectivity index (χ3v) is 5.96. The van der Waals surface area contributed by atoms with Crippen molar-refractivity contribution in [3.63, 3.8) is 0 Å². The van der Waals surface area contributed by atoms with E-state index in [9.17, 15) is 9.59 Å². The van der Waals surface area contributed by atoms with E-state index >= 15 is 0 Å². The second kappa shape index (κ2) is 9.21. The highest BCUT2D eigenvalue weighted by Gasteiger charge is 2.20. The smallest absolute Gasteiger partial charge is 0.256 e. The van der Waals surface area contributed by atoms with Gasteiger partial charge >= 0.3 is 0 Å². The number of fused-ring (bicyclic) bond motifs is 1. The summed E-state index contributed by atoms with van der Waals surface area (Å²) >= 11 is 0. The van der Waals surface area contributed by atoms with E-state index in [-0.39, 0.29) is 17.9 Å². The van der Waals surface area contributed by atoms with Crippen LogP contribution in [-0.4, -0.2) is 32.0 Å². The summed E-state index contributed by atoms with van der Waals surface area (Å²) in [6, 6.07) is 19.3. The topological polar surface area (TPSA) is 61.4 Å². The molecule has 0 aromatic heterocycles. The van der Waals surface area contributed by atoms with Gasteiger partial charge in [-0.15, -0.1) is 0 Å². The van der Waals surface area contributed by atoms with E-state index < -0.39 is 0 Å². The van der Waals surface area contributed by atoms with Gasteiger partial charge in [-0.2, -0.15) is 0 Å². The molecule has 2 N–H and O–H groups in total. The molecule has 0 unspecified atom stereocenters. The minimum absolute atomic E-state index is 0.0862. The van der Waals surface area contributed by atoms with Crippen LogP contribution < -0.4 is 15.5 Å². The number of carbonyl (C=O) groups excluding carboxylic acids is 2. The first-order chi connectivity index (χ1) is 15.0. The lowest BCUT2D eigenvalue weighted by atomic mass is 9.95. The standard InChI is InChI=1S/C26H29N3O2/c1-29(2)24-16-15-20(17-23(24)26(31)27-19-11-4-3-5-12-19)28-25(30)22-14-8-10-18-9-6-7-13-21(18)22/h6-10,13-17,19H,3-5,11-12H2,1-2H3,(H,27,31)(H,28,30). The van der Waals surface area contributed by atoms with Crippen molar-refractivity contribution in [2.45, 2.75) is 38.1 Å². The van der Waals surface area contributed by atoms with E-state index in [4.69, 9.17) is 0 Å². The molecule has 0 atom stereocenters. The fraction of sp³-hybridized carbons (Fsp3) is 0.308. The molecule has 5 nitrogen and oxygen atoms in total. The Morgan fingerprint density at radius 3 is 2.35 bits per heavy atom. The lowest BCUT2D eigenvalue weighted by Crippen LogP contribution is -2.36. The Kier molecular flexibility index (Phi) is 6.21. The highest BCUT2D eigenvalue weighted by molar-refractivity contribution is 6.13. The van der Waals surface area contributed by atoms with Crippen LogP contribution in [0.2, 0.25) is 0 Å². The molecule has 5 heteroatoms. The molecule has 4 rings (SSSR count). The third kappa shape index (κ3) is 4.71. The SMILES string of the molecule is CN(C)c1ccc(NC(=O)c2cccc3ccccc23)cc1C(=O)NC1CCCCC1. The predicted octanol–water partition coefficient (Wildman–Crippen LogP) is 5.22. The van der Waals surface area contributed by atoms with Crippen molar-refractivity contribution in [3.8, 4) is 0 Å². The largest absolute Gasteiger partial charge is 0.377 e. The van der Waals surface area contributed by atoms with Gasteiger partial charge in [-0.05, 0) is 47.9 Å². The van der Waals surface area contributed by atoms with Gasteiger partial charge in [0.2, 0.25) is 0 Å². The first kappa shape index (κ1) is 20.9. The molecule has 3 aromatic rings. The van der Waals surface area contributed by atoms with Crippen LogP contribution in [0, 0.1) is 0 Å². The van der Waals surface area contributed by atoms with Gasteiger partial charge < -0.3 is 15.5 Å². The number of rotatable bonds is 5. The first-order valence-corrected chi connectivity index (χ1v) is 10.9. The molecule has 2 amide bonds. The van der Waals surface area contributed by atoms with Crippen molar-refractivity contribution in [1.82, 2.24) is 5.32 Å². The zero-order chi connectivity index (χ0) is 21.8. The molecule has 3 aromatic carbocycles. The van der Waals surface area contributed by atoms with Crippen LogP contribution >= 0.6 is 0 Å². The molecule has 0 saturated heterocycles. The molecule has 0 bridgehead atoms. The minimum Gasteiger partial charge on any atom is -0.377 e. The molecular formula is C26H29N3O2. The van der Waals surface area contributed by atoms with Gasteiger partial charge in [-0.25, -0.2) is 0 Å². The van der Waals surface area contributed by atoms with Gasteiger partial charge in [0.05, 0.1) is 5.56 Å². The van der Waals surface area contributed by atoms with Crippen LogP contribution in [0.1, 0.15) is 52.8 Å². The van der Waals surface area contributed by atoms with Gasteiger partial charge in [0, 0.05) is 37.1 Å². The van der Waals surface area contributed by atoms with E-state index in [0.29, 0.717) is 16.8 Å². The Balaban J connectivity index is 1.59. The molecule has 1 saturated carbocycles. The van der Waals surface area contributed by atoms with Crippen molar-refractivity contribution in [2.24, 2.45) is 0 Å². The minimum atomic E-state index is -0.187. The number of nitrogens with zero attached hydrogens (tertiary/aromatic N) is 1. The number of hydrogen-bond acceptors (Lipinski definition) is 3. The number of amides is 2. The van der Waals surface area contributed by atoms with Crippen LogP contribution in [0.5, 0.6) is 0 Å². The quantitative estimate of drug-likeness (QED) is 0.600. The van der Waals surface area contributed by atoms with Crippen molar-refractivity contribution in [1.29, 1.82) is 0 Å². The second-order valence-electron chi connectivity index (χ2n) is 8.42. The summed E-state index contributed by atoms with van der Waals surface area (Å²) in [5, 5.41) is 8.09. The first-order valence-electron chi connectivity index (χ1n) is 10.9. The molecule has 0 spiro atoms. The lowest BCUT2D eigenvalue weighted by molar-refractivity contribution is 0.0927. The molecular weight excluding hydrogens is 386 g/mol. The second-order valence-corrected chi connectivity index (χ2v) is 8.42. The lowest BCUT2D eigenvalue weighted by Gasteiger charge is -2.24. The Morgan fingerprint density at radius 2 is 1.58 bits per heavy atom. The monoisotopic (exact) mass is 415 g/mol. The molecule has 1 fully saturated rings. The normalized spacial score (nSPS) is 14.3. The number of nitrogens with one attached hydrogen (secondary N) is 2. The van der Waals surface area contributed by atoms with Crippen LogP contribution in [-0.2, 0) is 0 Å². The Labute approximate surface area is 183 Å². The van der Waals surface area contributed by atoms with E-state index in [2.05, 4.69) is 10.6 Å². The van der Waals surface area contributed by atoms with Crippen LogP contribution in [0.25, 0.3) is 10.8 Å². The average molecular weight is 416 g/mol. The summed E-state index contributed by atoms with van der Waals surface area (Å²) in [7, 11) is 3.84. The summed E-state index contributed by atoms with van der Waals surface area (Å²) in [5.74, 6) is -0.273. The van der Waals surface area contributed by atoms with E-state index in [1.807, 2.05) is 73.6 Å². The Bertz CT molecular complexity index is 1100. The molecule has 160 valence electrons. The Hall–Kier alpha value is -3.34. The van der Waals surface area contributed by atoms with Crippen molar-refractivity contribution in [3.05, 3.63) is 71.8 Å². The van der Waals surface area contributed by atoms with Crippen molar-refractivity contribution >= 4 is 34.0 Å². The number of anilines is 2. The summed E-state index contributed by atoms with van der Waals surface area (Å²) in [5.41, 5.74) is 2.63. The van der Waals surface area contributed by atoms with E-state index in [1.165, 1.54) is 6.42 Å². The van der Waals surface area contributed by atoms with Crippen molar-refractivity contribution in [2.75, 3.05) is 24.3 Å². The van der Waals surface area contributed by atoms with Crippen LogP contribution in [0.15, 0.2) is 60.7 Å². The number of hydrogen-bond donors (Lipinski definition) is 2. The van der Waals surface area contributed by atoms with Gasteiger partial charge in [0.15, 0.2) is 0 Å². The maximum absolute atomic E-state index is 13.1. The maximum atomic E-state index is 13.1. The van der Waals surface area contributed by atoms with Crippen LogP contribution in [0.3, 0.4) is 0 Å². The van der Waals surface area contributed by atoms with E-state index in [0.717, 1.165) is 42.1 Å². The third-order valence-electron chi connectivity index (χ3n) is 5.96. The zero-order valence-electron chi connectivity index (χ0n) is 18.2. The fourth-order valence-electron chi connectivity index (χ4n) is 4.32. The highest BCUT2D eigenvalue weighted by atomic mass is 16.2. The Morgan fingerprint density at radius 1 is 0.839 bits per heavy atom. The summed E-state index contributed by atoms with van der Waals surface area (Å²) < 4.78 is 0. The molecule has 1 aliphatic rings. The summed E-state index contributed by atoms with van der Waals surface area (Å²) in [6.07, 6.45) is 5.62.